The van der Waals surface area contributed by atoms with E-state index in [1.54, 1.807) is 13.2 Å². The first-order chi connectivity index (χ1) is 12.1. The summed E-state index contributed by atoms with van der Waals surface area (Å²) in [5.74, 6) is 1.98. The van der Waals surface area contributed by atoms with Gasteiger partial charge in [0.1, 0.15) is 0 Å². The lowest BCUT2D eigenvalue weighted by Gasteiger charge is -2.28. The lowest BCUT2D eigenvalue weighted by molar-refractivity contribution is 0.0692. The molecule has 25 heavy (non-hydrogen) atoms. The van der Waals surface area contributed by atoms with Crippen molar-refractivity contribution in [1.29, 1.82) is 0 Å². The molecule has 1 amide bonds. The molecule has 0 radical (unpaired) electrons. The number of carbonyl (C=O) groups excluding carboxylic acids is 1. The number of hydrogen-bond donors (Lipinski definition) is 1. The molecule has 1 heterocycles. The van der Waals surface area contributed by atoms with Gasteiger partial charge in [0.15, 0.2) is 11.5 Å². The molecule has 2 rings (SSSR count). The summed E-state index contributed by atoms with van der Waals surface area (Å²) in [6.45, 7) is 9.72. The maximum absolute atomic E-state index is 13.0. The normalized spacial score (nSPS) is 16.9. The number of amides is 1. The molecular weight excluding hydrogens is 316 g/mol. The van der Waals surface area contributed by atoms with Crippen LogP contribution in [-0.2, 0) is 0 Å². The van der Waals surface area contributed by atoms with Gasteiger partial charge >= 0.3 is 0 Å². The molecule has 1 saturated heterocycles. The van der Waals surface area contributed by atoms with Crippen molar-refractivity contribution >= 4 is 5.91 Å². The van der Waals surface area contributed by atoms with Crippen molar-refractivity contribution < 1.29 is 14.3 Å². The van der Waals surface area contributed by atoms with E-state index in [1.165, 1.54) is 0 Å². The molecule has 0 aromatic heterocycles. The molecule has 0 aliphatic carbocycles. The maximum atomic E-state index is 13.0. The van der Waals surface area contributed by atoms with E-state index in [2.05, 4.69) is 26.1 Å². The van der Waals surface area contributed by atoms with Crippen LogP contribution in [0.4, 0.5) is 0 Å². The molecule has 1 aromatic rings. The quantitative estimate of drug-likeness (QED) is 0.744. The van der Waals surface area contributed by atoms with Crippen molar-refractivity contribution in [1.82, 2.24) is 10.2 Å². The van der Waals surface area contributed by atoms with Crippen molar-refractivity contribution in [3.8, 4) is 11.5 Å². The zero-order chi connectivity index (χ0) is 18.2. The molecule has 0 bridgehead atoms. The average Bonchev–Trinajstić information content (AvgIpc) is 3.13. The van der Waals surface area contributed by atoms with Crippen molar-refractivity contribution in [3.05, 3.63) is 23.8 Å². The summed E-state index contributed by atoms with van der Waals surface area (Å²) < 4.78 is 11.3. The van der Waals surface area contributed by atoms with Gasteiger partial charge in [-0.25, -0.2) is 0 Å². The van der Waals surface area contributed by atoms with E-state index in [-0.39, 0.29) is 11.9 Å². The lowest BCUT2D eigenvalue weighted by atomic mass is 10.1. The van der Waals surface area contributed by atoms with Crippen molar-refractivity contribution in [3.63, 3.8) is 0 Å². The molecule has 5 nitrogen and oxygen atoms in total. The number of nitrogens with zero attached hydrogens (tertiary/aromatic N) is 1. The van der Waals surface area contributed by atoms with Crippen LogP contribution in [0.15, 0.2) is 18.2 Å². The number of methoxy groups -OCH3 is 1. The summed E-state index contributed by atoms with van der Waals surface area (Å²) in [6.07, 6.45) is 2.96. The second kappa shape index (κ2) is 9.66. The first-order valence-corrected chi connectivity index (χ1v) is 9.39. The van der Waals surface area contributed by atoms with Crippen LogP contribution in [0, 0.1) is 5.92 Å². The smallest absolute Gasteiger partial charge is 0.254 e. The fourth-order valence-electron chi connectivity index (χ4n) is 3.09. The van der Waals surface area contributed by atoms with Gasteiger partial charge in [0.05, 0.1) is 13.7 Å². The molecular formula is C20H32N2O3. The predicted octanol–water partition coefficient (Wildman–Crippen LogP) is 3.33. The van der Waals surface area contributed by atoms with E-state index in [0.717, 1.165) is 38.9 Å². The summed E-state index contributed by atoms with van der Waals surface area (Å²) in [5.41, 5.74) is 0.661. The minimum absolute atomic E-state index is 0.0718. The average molecular weight is 348 g/mol. The Morgan fingerprint density at radius 1 is 1.36 bits per heavy atom. The van der Waals surface area contributed by atoms with Crippen molar-refractivity contribution in [2.75, 3.05) is 33.4 Å². The van der Waals surface area contributed by atoms with Crippen LogP contribution in [0.25, 0.3) is 0 Å². The third kappa shape index (κ3) is 5.36. The van der Waals surface area contributed by atoms with Crippen molar-refractivity contribution in [2.45, 2.75) is 46.1 Å². The topological polar surface area (TPSA) is 50.8 Å². The third-order valence-electron chi connectivity index (χ3n) is 4.56. The minimum Gasteiger partial charge on any atom is -0.493 e. The van der Waals surface area contributed by atoms with Crippen LogP contribution in [-0.4, -0.2) is 50.2 Å². The SMILES string of the molecule is CCCN(C(=O)c1ccc(OCCC(C)C)c(OC)c1)C1CCNC1. The summed E-state index contributed by atoms with van der Waals surface area (Å²) >= 11 is 0. The van der Waals surface area contributed by atoms with E-state index in [1.807, 2.05) is 17.0 Å². The molecule has 1 unspecified atom stereocenters. The standard InChI is InChI=1S/C20H32N2O3/c1-5-11-22(17-8-10-21-14-17)20(23)16-6-7-18(19(13-16)24-4)25-12-9-15(2)3/h6-7,13,15,17,21H,5,8-12,14H2,1-4H3. The predicted molar refractivity (Wildman–Crippen MR) is 101 cm³/mol. The molecule has 140 valence electrons. The van der Waals surface area contributed by atoms with E-state index < -0.39 is 0 Å². The lowest BCUT2D eigenvalue weighted by Crippen LogP contribution is -2.42. The first-order valence-electron chi connectivity index (χ1n) is 9.39. The van der Waals surface area contributed by atoms with Crippen LogP contribution in [0.3, 0.4) is 0 Å². The highest BCUT2D eigenvalue weighted by Gasteiger charge is 2.27. The molecule has 1 aromatic carbocycles. The molecule has 1 N–H and O–H groups in total. The second-order valence-corrected chi connectivity index (χ2v) is 7.04. The van der Waals surface area contributed by atoms with Gasteiger partial charge in [-0.15, -0.1) is 0 Å². The Kier molecular flexibility index (Phi) is 7.56. The van der Waals surface area contributed by atoms with Gasteiger partial charge in [-0.3, -0.25) is 4.79 Å². The number of ether oxygens (including phenoxy) is 2. The Morgan fingerprint density at radius 3 is 2.76 bits per heavy atom. The van der Waals surface area contributed by atoms with E-state index in [0.29, 0.717) is 29.6 Å². The highest BCUT2D eigenvalue weighted by atomic mass is 16.5. The van der Waals surface area contributed by atoms with Gasteiger partial charge in [-0.1, -0.05) is 20.8 Å². The van der Waals surface area contributed by atoms with Crippen LogP contribution >= 0.6 is 0 Å². The first kappa shape index (κ1) is 19.6. The zero-order valence-corrected chi connectivity index (χ0v) is 16.0. The summed E-state index contributed by atoms with van der Waals surface area (Å²) in [5, 5.41) is 3.34. The highest BCUT2D eigenvalue weighted by molar-refractivity contribution is 5.95. The van der Waals surface area contributed by atoms with E-state index in [4.69, 9.17) is 9.47 Å². The Balaban J connectivity index is 2.12. The number of carbonyl (C=O) groups is 1. The Morgan fingerprint density at radius 2 is 2.16 bits per heavy atom. The van der Waals surface area contributed by atoms with Crippen LogP contribution in [0.2, 0.25) is 0 Å². The molecule has 1 aliphatic rings. The molecule has 5 heteroatoms. The minimum atomic E-state index is 0.0718. The Bertz CT molecular complexity index is 554. The summed E-state index contributed by atoms with van der Waals surface area (Å²) in [6, 6.07) is 5.78. The van der Waals surface area contributed by atoms with Gasteiger partial charge in [0.25, 0.3) is 5.91 Å². The van der Waals surface area contributed by atoms with Gasteiger partial charge in [0, 0.05) is 24.7 Å². The number of rotatable bonds is 9. The maximum Gasteiger partial charge on any atom is 0.254 e. The number of nitrogens with one attached hydrogen (secondary N) is 1. The molecule has 1 atom stereocenters. The Hall–Kier alpha value is -1.75. The van der Waals surface area contributed by atoms with Crippen LogP contribution < -0.4 is 14.8 Å². The van der Waals surface area contributed by atoms with Gasteiger partial charge in [0.2, 0.25) is 0 Å². The number of benzene rings is 1. The van der Waals surface area contributed by atoms with Gasteiger partial charge in [-0.05, 0) is 49.9 Å². The van der Waals surface area contributed by atoms with Crippen molar-refractivity contribution in [2.24, 2.45) is 5.92 Å². The monoisotopic (exact) mass is 348 g/mol. The summed E-state index contributed by atoms with van der Waals surface area (Å²) in [4.78, 5) is 15.0. The fourth-order valence-corrected chi connectivity index (χ4v) is 3.09. The Labute approximate surface area is 151 Å². The molecule has 0 saturated carbocycles. The summed E-state index contributed by atoms with van der Waals surface area (Å²) in [7, 11) is 1.61. The van der Waals surface area contributed by atoms with E-state index in [9.17, 15) is 4.79 Å². The largest absolute Gasteiger partial charge is 0.493 e. The molecule has 1 aliphatic heterocycles. The molecule has 0 spiro atoms. The highest BCUT2D eigenvalue weighted by Crippen LogP contribution is 2.29. The third-order valence-corrected chi connectivity index (χ3v) is 4.56. The fraction of sp³-hybridized carbons (Fsp3) is 0.650. The zero-order valence-electron chi connectivity index (χ0n) is 16.0. The van der Waals surface area contributed by atoms with Gasteiger partial charge < -0.3 is 19.7 Å². The van der Waals surface area contributed by atoms with Gasteiger partial charge in [-0.2, -0.15) is 0 Å². The van der Waals surface area contributed by atoms with E-state index >= 15 is 0 Å². The molecule has 1 fully saturated rings. The second-order valence-electron chi connectivity index (χ2n) is 7.04. The van der Waals surface area contributed by atoms with Crippen LogP contribution in [0.1, 0.15) is 50.4 Å². The number of hydrogen-bond acceptors (Lipinski definition) is 4. The van der Waals surface area contributed by atoms with Crippen LogP contribution in [0.5, 0.6) is 11.5 Å².